The van der Waals surface area contributed by atoms with Crippen molar-refractivity contribution in [1.82, 2.24) is 5.32 Å². The van der Waals surface area contributed by atoms with E-state index in [1.807, 2.05) is 0 Å². The highest BCUT2D eigenvalue weighted by Gasteiger charge is 2.28. The Hall–Kier alpha value is -1.06. The van der Waals surface area contributed by atoms with Crippen LogP contribution in [0.2, 0.25) is 0 Å². The van der Waals surface area contributed by atoms with Gasteiger partial charge in [-0.05, 0) is 37.3 Å². The molecule has 2 heterocycles. The van der Waals surface area contributed by atoms with Crippen LogP contribution in [0.25, 0.3) is 0 Å². The van der Waals surface area contributed by atoms with Crippen LogP contribution in [0.4, 0.5) is 5.69 Å². The molecule has 0 aliphatic carbocycles. The lowest BCUT2D eigenvalue weighted by Gasteiger charge is -2.33. The summed E-state index contributed by atoms with van der Waals surface area (Å²) in [6, 6.07) is 9.39. The van der Waals surface area contributed by atoms with E-state index < -0.39 is 0 Å². The Kier molecular flexibility index (Phi) is 4.81. The van der Waals surface area contributed by atoms with Gasteiger partial charge in [0.05, 0.1) is 12.2 Å². The molecule has 0 saturated carbocycles. The Bertz CT molecular complexity index is 460. The molecule has 0 radical (unpaired) electrons. The highest BCUT2D eigenvalue weighted by Crippen LogP contribution is 2.29. The molecule has 3 rings (SSSR count). The molecule has 3 heteroatoms. The molecule has 2 aliphatic heterocycles. The monoisotopic (exact) mass is 288 g/mol. The first kappa shape index (κ1) is 14.9. The summed E-state index contributed by atoms with van der Waals surface area (Å²) in [5.74, 6) is 0. The van der Waals surface area contributed by atoms with Gasteiger partial charge in [0.15, 0.2) is 0 Å². The Morgan fingerprint density at radius 3 is 2.90 bits per heavy atom. The Morgan fingerprint density at radius 2 is 2.05 bits per heavy atom. The maximum Gasteiger partial charge on any atom is 0.0755 e. The van der Waals surface area contributed by atoms with Crippen LogP contribution in [0, 0.1) is 0 Å². The molecule has 0 aromatic heterocycles. The van der Waals surface area contributed by atoms with Gasteiger partial charge >= 0.3 is 0 Å². The van der Waals surface area contributed by atoms with E-state index in [9.17, 15) is 0 Å². The second kappa shape index (κ2) is 6.80. The molecule has 3 nitrogen and oxygen atoms in total. The van der Waals surface area contributed by atoms with Gasteiger partial charge in [-0.15, -0.1) is 0 Å². The van der Waals surface area contributed by atoms with E-state index in [4.69, 9.17) is 4.74 Å². The van der Waals surface area contributed by atoms with Crippen molar-refractivity contribution in [3.05, 3.63) is 29.8 Å². The van der Waals surface area contributed by atoms with E-state index in [0.717, 1.165) is 13.1 Å². The fraction of sp³-hybridized carbons (Fsp3) is 0.667. The van der Waals surface area contributed by atoms with Crippen molar-refractivity contribution in [2.24, 2.45) is 0 Å². The summed E-state index contributed by atoms with van der Waals surface area (Å²) in [6.07, 6.45) is 5.68. The van der Waals surface area contributed by atoms with Gasteiger partial charge in [-0.3, -0.25) is 0 Å². The molecule has 2 aliphatic rings. The van der Waals surface area contributed by atoms with E-state index >= 15 is 0 Å². The summed E-state index contributed by atoms with van der Waals surface area (Å²) in [4.78, 5) is 2.53. The zero-order valence-corrected chi connectivity index (χ0v) is 13.3. The predicted octanol–water partition coefficient (Wildman–Crippen LogP) is 2.98. The number of benzene rings is 1. The maximum absolute atomic E-state index is 6.23. The Labute approximate surface area is 128 Å². The second-order valence-electron chi connectivity index (χ2n) is 6.70. The zero-order chi connectivity index (χ0) is 14.7. The lowest BCUT2D eigenvalue weighted by Crippen LogP contribution is -2.37. The van der Waals surface area contributed by atoms with Gasteiger partial charge in [-0.25, -0.2) is 0 Å². The quantitative estimate of drug-likeness (QED) is 0.901. The standard InChI is InChI=1S/C18H28N2O/c1-14(2)19-12-16-9-10-17(21-16)13-20-11-5-7-15-6-3-4-8-18(15)20/h3-4,6,8,14,16-17,19H,5,7,9-13H2,1-2H3. The summed E-state index contributed by atoms with van der Waals surface area (Å²) in [7, 11) is 0. The molecule has 1 N–H and O–H groups in total. The van der Waals surface area contributed by atoms with Gasteiger partial charge in [-0.1, -0.05) is 32.0 Å². The first-order valence-corrected chi connectivity index (χ1v) is 8.44. The molecule has 2 unspecified atom stereocenters. The van der Waals surface area contributed by atoms with Crippen LogP contribution in [0.5, 0.6) is 0 Å². The third-order valence-corrected chi connectivity index (χ3v) is 4.58. The molecular formula is C18H28N2O. The van der Waals surface area contributed by atoms with Gasteiger partial charge in [0.25, 0.3) is 0 Å². The number of rotatable bonds is 5. The van der Waals surface area contributed by atoms with Crippen molar-refractivity contribution in [3.8, 4) is 0 Å². The minimum Gasteiger partial charge on any atom is -0.372 e. The van der Waals surface area contributed by atoms with Crippen molar-refractivity contribution in [2.45, 2.75) is 57.8 Å². The lowest BCUT2D eigenvalue weighted by atomic mass is 10.0. The Balaban J connectivity index is 1.54. The summed E-state index contributed by atoms with van der Waals surface area (Å²) in [5.41, 5.74) is 2.93. The number of fused-ring (bicyclic) bond motifs is 1. The van der Waals surface area contributed by atoms with Crippen LogP contribution in [-0.2, 0) is 11.2 Å². The van der Waals surface area contributed by atoms with Crippen molar-refractivity contribution < 1.29 is 4.74 Å². The predicted molar refractivity (Wildman–Crippen MR) is 88.0 cm³/mol. The molecule has 0 spiro atoms. The number of hydrogen-bond acceptors (Lipinski definition) is 3. The van der Waals surface area contributed by atoms with Gasteiger partial charge in [0.2, 0.25) is 0 Å². The van der Waals surface area contributed by atoms with E-state index in [0.29, 0.717) is 18.2 Å². The van der Waals surface area contributed by atoms with Crippen molar-refractivity contribution in [3.63, 3.8) is 0 Å². The number of para-hydroxylation sites is 1. The van der Waals surface area contributed by atoms with Crippen molar-refractivity contribution >= 4 is 5.69 Å². The number of nitrogens with zero attached hydrogens (tertiary/aromatic N) is 1. The number of ether oxygens (including phenoxy) is 1. The molecule has 0 amide bonds. The summed E-state index contributed by atoms with van der Waals surface area (Å²) >= 11 is 0. The normalized spacial score (nSPS) is 25.4. The van der Waals surface area contributed by atoms with Crippen LogP contribution >= 0.6 is 0 Å². The Morgan fingerprint density at radius 1 is 1.24 bits per heavy atom. The van der Waals surface area contributed by atoms with Crippen LogP contribution < -0.4 is 10.2 Å². The third kappa shape index (κ3) is 3.78. The zero-order valence-electron chi connectivity index (χ0n) is 13.3. The number of hydrogen-bond donors (Lipinski definition) is 1. The molecule has 116 valence electrons. The minimum atomic E-state index is 0.398. The van der Waals surface area contributed by atoms with E-state index in [1.54, 1.807) is 0 Å². The maximum atomic E-state index is 6.23. The average molecular weight is 288 g/mol. The molecule has 1 aromatic carbocycles. The largest absolute Gasteiger partial charge is 0.372 e. The van der Waals surface area contributed by atoms with Crippen molar-refractivity contribution in [2.75, 3.05) is 24.5 Å². The number of anilines is 1. The summed E-state index contributed by atoms with van der Waals surface area (Å²) in [5, 5.41) is 3.49. The molecular weight excluding hydrogens is 260 g/mol. The molecule has 1 fully saturated rings. The van der Waals surface area contributed by atoms with Crippen LogP contribution in [-0.4, -0.2) is 37.9 Å². The smallest absolute Gasteiger partial charge is 0.0755 e. The van der Waals surface area contributed by atoms with Crippen LogP contribution in [0.1, 0.15) is 38.7 Å². The van der Waals surface area contributed by atoms with Gasteiger partial charge < -0.3 is 15.0 Å². The highest BCUT2D eigenvalue weighted by molar-refractivity contribution is 5.55. The third-order valence-electron chi connectivity index (χ3n) is 4.58. The van der Waals surface area contributed by atoms with Gasteiger partial charge in [-0.2, -0.15) is 0 Å². The topological polar surface area (TPSA) is 24.5 Å². The van der Waals surface area contributed by atoms with Gasteiger partial charge in [0, 0.05) is 31.4 Å². The molecule has 1 aromatic rings. The van der Waals surface area contributed by atoms with Crippen LogP contribution in [0.3, 0.4) is 0 Å². The fourth-order valence-electron chi connectivity index (χ4n) is 3.48. The molecule has 21 heavy (non-hydrogen) atoms. The molecule has 0 bridgehead atoms. The van der Waals surface area contributed by atoms with E-state index in [1.165, 1.54) is 43.5 Å². The van der Waals surface area contributed by atoms with E-state index in [2.05, 4.69) is 48.3 Å². The SMILES string of the molecule is CC(C)NCC1CCC(CN2CCCc3ccccc32)O1. The summed E-state index contributed by atoms with van der Waals surface area (Å²) in [6.45, 7) is 7.60. The number of aryl methyl sites for hydroxylation is 1. The number of nitrogens with one attached hydrogen (secondary N) is 1. The lowest BCUT2D eigenvalue weighted by molar-refractivity contribution is 0.0482. The van der Waals surface area contributed by atoms with Gasteiger partial charge in [0.1, 0.15) is 0 Å². The highest BCUT2D eigenvalue weighted by atomic mass is 16.5. The van der Waals surface area contributed by atoms with E-state index in [-0.39, 0.29) is 0 Å². The first-order chi connectivity index (χ1) is 10.2. The minimum absolute atomic E-state index is 0.398. The molecule has 1 saturated heterocycles. The second-order valence-corrected chi connectivity index (χ2v) is 6.70. The average Bonchev–Trinajstić information content (AvgIpc) is 2.93. The molecule has 2 atom stereocenters. The van der Waals surface area contributed by atoms with Crippen LogP contribution in [0.15, 0.2) is 24.3 Å². The first-order valence-electron chi connectivity index (χ1n) is 8.44. The fourth-order valence-corrected chi connectivity index (χ4v) is 3.48. The van der Waals surface area contributed by atoms with Crippen molar-refractivity contribution in [1.29, 1.82) is 0 Å². The summed E-state index contributed by atoms with van der Waals surface area (Å²) < 4.78 is 6.23.